The van der Waals surface area contributed by atoms with Gasteiger partial charge in [0.1, 0.15) is 0 Å². The Morgan fingerprint density at radius 2 is 0.750 bits per heavy atom. The van der Waals surface area contributed by atoms with Gasteiger partial charge < -0.3 is 5.02 Å². The van der Waals surface area contributed by atoms with E-state index < -0.39 is 53.8 Å². The molecule has 13 nitrogen and oxygen atoms in total. The van der Waals surface area contributed by atoms with Crippen molar-refractivity contribution in [3.05, 3.63) is 119 Å². The first-order chi connectivity index (χ1) is 28.2. The highest BCUT2D eigenvalue weighted by atomic mass is 32.2. The van der Waals surface area contributed by atoms with Crippen LogP contribution in [0.3, 0.4) is 0 Å². The molecule has 18 heteroatoms. The van der Waals surface area contributed by atoms with Gasteiger partial charge in [-0.3, -0.25) is 4.18 Å². The molecule has 4 rings (SSSR count). The third kappa shape index (κ3) is 13.8. The molecule has 0 heterocycles. The summed E-state index contributed by atoms with van der Waals surface area (Å²) in [5.41, 5.74) is 3.50. The standard InChI is InChI=1S/C42H58BN3O10S4/c1-35-13-21-39(22-14-35)57(48,49)44(29-11-9-7-6-8-10-12-34-56-60(54,55)42-27-19-38(4)20-28-42)30-31-45(58(50,51)40-23-15-36(2)16-24-40)32-33-46(43(5)47)59(52,53)41-25-17-37(3)18-26-41/h13-28,47H,6-12,29-34H2,1-5H3. The molecule has 0 aliphatic rings. The molecule has 0 radical (unpaired) electrons. The Labute approximate surface area is 358 Å². The fourth-order valence-corrected chi connectivity index (χ4v) is 11.7. The second-order valence-corrected chi connectivity index (χ2v) is 22.4. The van der Waals surface area contributed by atoms with Crippen LogP contribution < -0.4 is 0 Å². The minimum absolute atomic E-state index is 0.0366. The van der Waals surface area contributed by atoms with Crippen LogP contribution in [0.2, 0.25) is 6.82 Å². The largest absolute Gasteiger partial charge is 0.437 e. The first-order valence-corrected chi connectivity index (χ1v) is 25.8. The van der Waals surface area contributed by atoms with Gasteiger partial charge in [0, 0.05) is 32.7 Å². The minimum atomic E-state index is -4.27. The van der Waals surface area contributed by atoms with E-state index in [1.165, 1.54) is 59.7 Å². The number of rotatable bonds is 25. The fourth-order valence-electron chi connectivity index (χ4n) is 6.43. The predicted molar refractivity (Wildman–Crippen MR) is 235 cm³/mol. The summed E-state index contributed by atoms with van der Waals surface area (Å²) >= 11 is 0. The van der Waals surface area contributed by atoms with Crippen molar-refractivity contribution in [3.63, 3.8) is 0 Å². The van der Waals surface area contributed by atoms with Crippen molar-refractivity contribution in [2.45, 2.75) is 99.0 Å². The zero-order chi connectivity index (χ0) is 44.1. The number of benzene rings is 4. The van der Waals surface area contributed by atoms with Gasteiger partial charge in [0.05, 0.1) is 26.2 Å². The molecule has 1 N–H and O–H groups in total. The SMILES string of the molecule is CB(O)N(CCN(CCN(CCCCCCCCCOS(=O)(=O)c1ccc(C)cc1)S(=O)(=O)c1ccc(C)cc1)S(=O)(=O)c1ccc(C)cc1)S(=O)(=O)c1ccc(C)cc1. The van der Waals surface area contributed by atoms with Crippen LogP contribution >= 0.6 is 0 Å². The average Bonchev–Trinajstić information content (AvgIpc) is 3.19. The molecular weight excluding hydrogens is 846 g/mol. The Morgan fingerprint density at radius 1 is 0.433 bits per heavy atom. The molecule has 0 saturated carbocycles. The quantitative estimate of drug-likeness (QED) is 0.0437. The molecule has 0 saturated heterocycles. The molecule has 0 aliphatic carbocycles. The van der Waals surface area contributed by atoms with E-state index in [4.69, 9.17) is 4.18 Å². The number of hydrogen-bond acceptors (Lipinski definition) is 10. The smallest absolute Gasteiger partial charge is 0.390 e. The molecular formula is C42H58BN3O10S4. The summed E-state index contributed by atoms with van der Waals surface area (Å²) in [7, 11) is -17.9. The molecule has 60 heavy (non-hydrogen) atoms. The van der Waals surface area contributed by atoms with E-state index in [1.54, 1.807) is 48.5 Å². The Bertz CT molecular complexity index is 2410. The summed E-state index contributed by atoms with van der Waals surface area (Å²) in [5, 5.41) is 10.6. The topological polar surface area (TPSA) is 176 Å². The number of sulfonamides is 3. The third-order valence-corrected chi connectivity index (χ3v) is 17.3. The fraction of sp³-hybridized carbons (Fsp3) is 0.429. The van der Waals surface area contributed by atoms with Crippen LogP contribution in [0.25, 0.3) is 0 Å². The maximum absolute atomic E-state index is 14.2. The van der Waals surface area contributed by atoms with E-state index in [2.05, 4.69) is 0 Å². The maximum atomic E-state index is 14.2. The van der Waals surface area contributed by atoms with Gasteiger partial charge >= 0.3 is 7.05 Å². The van der Waals surface area contributed by atoms with Crippen molar-refractivity contribution in [2.24, 2.45) is 0 Å². The van der Waals surface area contributed by atoms with Gasteiger partial charge in [-0.05, 0) is 95.9 Å². The van der Waals surface area contributed by atoms with E-state index in [-0.39, 0.29) is 52.4 Å². The molecule has 4 aromatic carbocycles. The molecule has 0 atom stereocenters. The molecule has 0 bridgehead atoms. The van der Waals surface area contributed by atoms with Crippen LogP contribution in [0, 0.1) is 27.7 Å². The molecule has 0 fully saturated rings. The van der Waals surface area contributed by atoms with E-state index in [9.17, 15) is 38.7 Å². The van der Waals surface area contributed by atoms with Gasteiger partial charge in [-0.2, -0.15) is 17.0 Å². The summed E-state index contributed by atoms with van der Waals surface area (Å²) < 4.78 is 117. The molecule has 0 spiro atoms. The average molecular weight is 904 g/mol. The van der Waals surface area contributed by atoms with Crippen LogP contribution in [0.15, 0.2) is 117 Å². The summed E-state index contributed by atoms with van der Waals surface area (Å²) in [6.45, 7) is 7.55. The lowest BCUT2D eigenvalue weighted by Crippen LogP contribution is -2.48. The lowest BCUT2D eigenvalue weighted by molar-refractivity contribution is 0.306. The van der Waals surface area contributed by atoms with Gasteiger partial charge in [-0.25, -0.2) is 29.5 Å². The zero-order valence-corrected chi connectivity index (χ0v) is 38.4. The summed E-state index contributed by atoms with van der Waals surface area (Å²) in [5.74, 6) is 0. The van der Waals surface area contributed by atoms with Crippen molar-refractivity contribution >= 4 is 47.2 Å². The monoisotopic (exact) mass is 903 g/mol. The van der Waals surface area contributed by atoms with Crippen molar-refractivity contribution in [3.8, 4) is 0 Å². The second kappa shape index (κ2) is 22.1. The van der Waals surface area contributed by atoms with Crippen molar-refractivity contribution in [1.82, 2.24) is 12.8 Å². The highest BCUT2D eigenvalue weighted by Gasteiger charge is 2.34. The molecule has 0 amide bonds. The molecule has 328 valence electrons. The zero-order valence-electron chi connectivity index (χ0n) is 35.1. The first kappa shape index (κ1) is 49.2. The lowest BCUT2D eigenvalue weighted by atomic mass is 9.89. The highest BCUT2D eigenvalue weighted by Crippen LogP contribution is 2.23. The van der Waals surface area contributed by atoms with Gasteiger partial charge in [0.2, 0.25) is 30.1 Å². The summed E-state index contributed by atoms with van der Waals surface area (Å²) in [6, 6.07) is 25.2. The normalized spacial score (nSPS) is 12.8. The van der Waals surface area contributed by atoms with E-state index in [0.29, 0.717) is 19.3 Å². The molecule has 0 unspecified atom stereocenters. The minimum Gasteiger partial charge on any atom is -0.437 e. The van der Waals surface area contributed by atoms with Crippen LogP contribution in [0.4, 0.5) is 0 Å². The number of aryl methyl sites for hydroxylation is 4. The number of nitrogens with zero attached hydrogens (tertiary/aromatic N) is 3. The van der Waals surface area contributed by atoms with Crippen LogP contribution in [-0.2, 0) is 44.4 Å². The maximum Gasteiger partial charge on any atom is 0.390 e. The van der Waals surface area contributed by atoms with E-state index in [0.717, 1.165) is 56.5 Å². The van der Waals surface area contributed by atoms with Crippen molar-refractivity contribution < 1.29 is 42.9 Å². The lowest BCUT2D eigenvalue weighted by Gasteiger charge is -2.30. The predicted octanol–water partition coefficient (Wildman–Crippen LogP) is 6.54. The Kier molecular flexibility index (Phi) is 18.1. The van der Waals surface area contributed by atoms with Gasteiger partial charge in [-0.15, -0.1) is 0 Å². The van der Waals surface area contributed by atoms with Crippen molar-refractivity contribution in [2.75, 3.05) is 39.3 Å². The first-order valence-electron chi connectivity index (χ1n) is 20.1. The van der Waals surface area contributed by atoms with Crippen LogP contribution in [-0.4, -0.2) is 97.9 Å². The molecule has 0 aromatic heterocycles. The summed E-state index contributed by atoms with van der Waals surface area (Å²) in [6.07, 6.45) is 5.03. The molecule has 0 aliphatic heterocycles. The van der Waals surface area contributed by atoms with E-state index >= 15 is 0 Å². The van der Waals surface area contributed by atoms with Crippen LogP contribution in [0.5, 0.6) is 0 Å². The van der Waals surface area contributed by atoms with Crippen LogP contribution in [0.1, 0.15) is 67.2 Å². The Balaban J connectivity index is 1.44. The highest BCUT2D eigenvalue weighted by molar-refractivity contribution is 7.90. The van der Waals surface area contributed by atoms with E-state index in [1.807, 2.05) is 27.7 Å². The van der Waals surface area contributed by atoms with Crippen molar-refractivity contribution in [1.29, 1.82) is 0 Å². The van der Waals surface area contributed by atoms with Gasteiger partial charge in [0.15, 0.2) is 0 Å². The van der Waals surface area contributed by atoms with Gasteiger partial charge in [-0.1, -0.05) is 103 Å². The Morgan fingerprint density at radius 3 is 1.15 bits per heavy atom. The third-order valence-electron chi connectivity index (χ3n) is 10.1. The van der Waals surface area contributed by atoms with Gasteiger partial charge in [0.25, 0.3) is 10.1 Å². The molecule has 4 aromatic rings. The Hall–Kier alpha value is -3.46. The summed E-state index contributed by atoms with van der Waals surface area (Å²) in [4.78, 5) is 0.0951. The number of hydrogen-bond donors (Lipinski definition) is 1. The number of unbranched alkanes of at least 4 members (excludes halogenated alkanes) is 6. The second-order valence-electron chi connectivity index (χ2n) is 15.1.